The summed E-state index contributed by atoms with van der Waals surface area (Å²) in [4.78, 5) is 23.4. The summed E-state index contributed by atoms with van der Waals surface area (Å²) in [6.45, 7) is 4.33. The molecule has 2 heterocycles. The van der Waals surface area contributed by atoms with Gasteiger partial charge in [0.15, 0.2) is 0 Å². The molecule has 2 aromatic heterocycles. The van der Waals surface area contributed by atoms with Crippen molar-refractivity contribution in [2.45, 2.75) is 39.8 Å². The van der Waals surface area contributed by atoms with Gasteiger partial charge in [0.1, 0.15) is 11.4 Å². The number of hydrogen-bond donors (Lipinski definition) is 1. The van der Waals surface area contributed by atoms with Crippen molar-refractivity contribution < 1.29 is 9.72 Å². The van der Waals surface area contributed by atoms with Crippen LogP contribution < -0.4 is 5.32 Å². The van der Waals surface area contributed by atoms with Gasteiger partial charge in [-0.05, 0) is 31.7 Å². The van der Waals surface area contributed by atoms with Crippen molar-refractivity contribution in [1.82, 2.24) is 15.1 Å². The van der Waals surface area contributed by atoms with Gasteiger partial charge in [-0.2, -0.15) is 5.10 Å². The molecule has 0 bridgehead atoms. The van der Waals surface area contributed by atoms with E-state index in [1.54, 1.807) is 29.9 Å². The maximum absolute atomic E-state index is 11.7. The molecule has 0 aliphatic carbocycles. The van der Waals surface area contributed by atoms with Crippen molar-refractivity contribution in [3.05, 3.63) is 43.9 Å². The van der Waals surface area contributed by atoms with Crippen molar-refractivity contribution in [2.75, 3.05) is 0 Å². The smallest absolute Gasteiger partial charge is 0.312 e. The van der Waals surface area contributed by atoms with Crippen molar-refractivity contribution in [3.63, 3.8) is 0 Å². The van der Waals surface area contributed by atoms with E-state index in [0.717, 1.165) is 4.88 Å². The Morgan fingerprint density at radius 3 is 2.86 bits per heavy atom. The summed E-state index contributed by atoms with van der Waals surface area (Å²) < 4.78 is 1.60. The van der Waals surface area contributed by atoms with Gasteiger partial charge in [-0.25, -0.2) is 0 Å². The van der Waals surface area contributed by atoms with E-state index in [-0.39, 0.29) is 11.6 Å². The Morgan fingerprint density at radius 2 is 2.27 bits per heavy atom. The summed E-state index contributed by atoms with van der Waals surface area (Å²) in [5, 5.41) is 19.9. The Balaban J connectivity index is 1.80. The molecule has 22 heavy (non-hydrogen) atoms. The molecule has 0 spiro atoms. The lowest BCUT2D eigenvalue weighted by molar-refractivity contribution is -0.386. The van der Waals surface area contributed by atoms with Gasteiger partial charge in [0.2, 0.25) is 5.91 Å². The molecule has 0 aliphatic heterocycles. The highest BCUT2D eigenvalue weighted by molar-refractivity contribution is 7.09. The van der Waals surface area contributed by atoms with Crippen LogP contribution in [0.15, 0.2) is 17.5 Å². The second kappa shape index (κ2) is 7.17. The van der Waals surface area contributed by atoms with E-state index in [1.165, 1.54) is 0 Å². The Kier molecular flexibility index (Phi) is 5.26. The first-order valence-electron chi connectivity index (χ1n) is 6.96. The number of thiophene rings is 1. The van der Waals surface area contributed by atoms with Gasteiger partial charge in [0, 0.05) is 17.8 Å². The maximum atomic E-state index is 11.7. The zero-order chi connectivity index (χ0) is 16.1. The van der Waals surface area contributed by atoms with Crippen LogP contribution in [-0.2, 0) is 17.9 Å². The van der Waals surface area contributed by atoms with Crippen LogP contribution >= 0.6 is 11.3 Å². The molecule has 0 aliphatic rings. The Morgan fingerprint density at radius 1 is 1.50 bits per heavy atom. The highest BCUT2D eigenvalue weighted by atomic mass is 32.1. The molecule has 0 atom stereocenters. The summed E-state index contributed by atoms with van der Waals surface area (Å²) in [5.74, 6) is -0.0237. The van der Waals surface area contributed by atoms with E-state index >= 15 is 0 Å². The Bertz CT molecular complexity index is 664. The van der Waals surface area contributed by atoms with Crippen LogP contribution in [0.2, 0.25) is 0 Å². The topological polar surface area (TPSA) is 90.1 Å². The monoisotopic (exact) mass is 322 g/mol. The van der Waals surface area contributed by atoms with E-state index in [1.807, 2.05) is 17.5 Å². The van der Waals surface area contributed by atoms with E-state index in [9.17, 15) is 14.9 Å². The first-order valence-corrected chi connectivity index (χ1v) is 7.84. The lowest BCUT2D eigenvalue weighted by Crippen LogP contribution is -2.22. The standard InChI is InChI=1S/C14H18N4O3S/c1-10-14(18(20)21)11(2)17(16-10)7-3-6-13(19)15-9-12-5-4-8-22-12/h4-5,8H,3,6-7,9H2,1-2H3,(H,15,19). The summed E-state index contributed by atoms with van der Waals surface area (Å²) in [7, 11) is 0. The normalized spacial score (nSPS) is 10.6. The van der Waals surface area contributed by atoms with E-state index < -0.39 is 4.92 Å². The van der Waals surface area contributed by atoms with Crippen LogP contribution in [0.3, 0.4) is 0 Å². The van der Waals surface area contributed by atoms with Crippen molar-refractivity contribution in [2.24, 2.45) is 0 Å². The zero-order valence-corrected chi connectivity index (χ0v) is 13.4. The van der Waals surface area contributed by atoms with Gasteiger partial charge in [0.25, 0.3) is 0 Å². The first kappa shape index (κ1) is 16.2. The largest absolute Gasteiger partial charge is 0.351 e. The zero-order valence-electron chi connectivity index (χ0n) is 12.5. The van der Waals surface area contributed by atoms with E-state index in [2.05, 4.69) is 10.4 Å². The fraction of sp³-hybridized carbons (Fsp3) is 0.429. The second-order valence-corrected chi connectivity index (χ2v) is 5.99. The molecular weight excluding hydrogens is 304 g/mol. The van der Waals surface area contributed by atoms with Crippen molar-refractivity contribution in [1.29, 1.82) is 0 Å². The molecule has 2 rings (SSSR count). The highest BCUT2D eigenvalue weighted by Gasteiger charge is 2.21. The Hall–Kier alpha value is -2.22. The van der Waals surface area contributed by atoms with Gasteiger partial charge in [-0.1, -0.05) is 6.07 Å². The Labute approximate surface area is 132 Å². The SMILES string of the molecule is Cc1nn(CCCC(=O)NCc2cccs2)c(C)c1[N+](=O)[O-]. The molecule has 7 nitrogen and oxygen atoms in total. The minimum Gasteiger partial charge on any atom is -0.351 e. The van der Waals surface area contributed by atoms with Gasteiger partial charge in [-0.3, -0.25) is 19.6 Å². The number of amides is 1. The number of nitrogens with one attached hydrogen (secondary N) is 1. The molecule has 0 aromatic carbocycles. The van der Waals surface area contributed by atoms with Crippen LogP contribution in [0.5, 0.6) is 0 Å². The van der Waals surface area contributed by atoms with Crippen LogP contribution in [0.1, 0.15) is 29.1 Å². The van der Waals surface area contributed by atoms with Crippen molar-refractivity contribution >= 4 is 22.9 Å². The van der Waals surface area contributed by atoms with Crippen molar-refractivity contribution in [3.8, 4) is 0 Å². The summed E-state index contributed by atoms with van der Waals surface area (Å²) in [5.41, 5.74) is 0.994. The fourth-order valence-electron chi connectivity index (χ4n) is 2.25. The minimum absolute atomic E-state index is 0.0237. The lowest BCUT2D eigenvalue weighted by atomic mass is 10.3. The highest BCUT2D eigenvalue weighted by Crippen LogP contribution is 2.21. The number of carbonyl (C=O) groups is 1. The molecule has 0 fully saturated rings. The summed E-state index contributed by atoms with van der Waals surface area (Å²) >= 11 is 1.60. The lowest BCUT2D eigenvalue weighted by Gasteiger charge is -2.05. The van der Waals surface area contributed by atoms with E-state index in [4.69, 9.17) is 0 Å². The fourth-order valence-corrected chi connectivity index (χ4v) is 2.89. The van der Waals surface area contributed by atoms with Crippen LogP contribution in [0, 0.1) is 24.0 Å². The number of carbonyl (C=O) groups excluding carboxylic acids is 1. The summed E-state index contributed by atoms with van der Waals surface area (Å²) in [6.07, 6.45) is 0.965. The third-order valence-corrected chi connectivity index (χ3v) is 4.22. The third-order valence-electron chi connectivity index (χ3n) is 3.34. The number of nitrogens with zero attached hydrogens (tertiary/aromatic N) is 3. The maximum Gasteiger partial charge on any atom is 0.312 e. The number of nitro groups is 1. The van der Waals surface area contributed by atoms with Crippen LogP contribution in [0.4, 0.5) is 5.69 Å². The van der Waals surface area contributed by atoms with Gasteiger partial charge in [0.05, 0.1) is 11.5 Å². The number of aryl methyl sites for hydroxylation is 2. The summed E-state index contributed by atoms with van der Waals surface area (Å²) in [6, 6.07) is 3.92. The number of rotatable bonds is 7. The molecule has 1 N–H and O–H groups in total. The average Bonchev–Trinajstić information content (AvgIpc) is 3.05. The molecule has 0 saturated heterocycles. The third kappa shape index (κ3) is 3.91. The molecule has 0 radical (unpaired) electrons. The molecule has 0 saturated carbocycles. The predicted molar refractivity (Wildman–Crippen MR) is 83.8 cm³/mol. The van der Waals surface area contributed by atoms with E-state index in [0.29, 0.717) is 37.3 Å². The molecule has 8 heteroatoms. The molecule has 2 aromatic rings. The van der Waals surface area contributed by atoms with Gasteiger partial charge < -0.3 is 5.32 Å². The van der Waals surface area contributed by atoms with Crippen LogP contribution in [0.25, 0.3) is 0 Å². The van der Waals surface area contributed by atoms with Gasteiger partial charge >= 0.3 is 5.69 Å². The minimum atomic E-state index is -0.415. The quantitative estimate of drug-likeness (QED) is 0.626. The molecule has 1 amide bonds. The van der Waals surface area contributed by atoms with Crippen LogP contribution in [-0.4, -0.2) is 20.6 Å². The molecule has 118 valence electrons. The first-order chi connectivity index (χ1) is 10.5. The predicted octanol–water partition coefficient (Wildman–Crippen LogP) is 2.57. The number of hydrogen-bond acceptors (Lipinski definition) is 5. The van der Waals surface area contributed by atoms with Gasteiger partial charge in [-0.15, -0.1) is 11.3 Å². The average molecular weight is 322 g/mol. The molecule has 0 unspecified atom stereocenters. The second-order valence-electron chi connectivity index (χ2n) is 4.96. The molecular formula is C14H18N4O3S. The number of aromatic nitrogens is 2.